The average molecular weight is 421 g/mol. The molecule has 1 aliphatic heterocycles. The van der Waals surface area contributed by atoms with Crippen LogP contribution in [0.15, 0.2) is 48.5 Å². The third-order valence-corrected chi connectivity index (χ3v) is 5.52. The molecule has 1 saturated heterocycles. The van der Waals surface area contributed by atoms with Gasteiger partial charge in [0.2, 0.25) is 5.91 Å². The molecule has 0 unspecified atom stereocenters. The molecule has 2 N–H and O–H groups in total. The summed E-state index contributed by atoms with van der Waals surface area (Å²) in [6, 6.07) is 14.7. The lowest BCUT2D eigenvalue weighted by atomic mass is 9.96. The Morgan fingerprint density at radius 1 is 1.03 bits per heavy atom. The smallest absolute Gasteiger partial charge is 0.338 e. The second-order valence-corrected chi connectivity index (χ2v) is 7.57. The molecule has 160 valence electrons. The van der Waals surface area contributed by atoms with E-state index in [0.29, 0.717) is 38.0 Å². The predicted octanol–water partition coefficient (Wildman–Crippen LogP) is 1.36. The van der Waals surface area contributed by atoms with Crippen LogP contribution in [0.5, 0.6) is 0 Å². The van der Waals surface area contributed by atoms with Crippen LogP contribution < -0.4 is 5.73 Å². The Morgan fingerprint density at radius 2 is 1.74 bits per heavy atom. The lowest BCUT2D eigenvalue weighted by Crippen LogP contribution is -2.43. The summed E-state index contributed by atoms with van der Waals surface area (Å²) in [6.07, 6.45) is 1.08. The molecule has 9 nitrogen and oxygen atoms in total. The number of fused-ring (bicyclic) bond motifs is 1. The Bertz CT molecular complexity index is 1100. The van der Waals surface area contributed by atoms with Crippen molar-refractivity contribution < 1.29 is 19.1 Å². The summed E-state index contributed by atoms with van der Waals surface area (Å²) in [5.74, 6) is -1.36. The van der Waals surface area contributed by atoms with Crippen LogP contribution >= 0.6 is 0 Å². The van der Waals surface area contributed by atoms with Gasteiger partial charge < -0.3 is 15.4 Å². The van der Waals surface area contributed by atoms with Crippen molar-refractivity contribution in [3.8, 4) is 0 Å². The van der Waals surface area contributed by atoms with Crippen LogP contribution in [0.3, 0.4) is 0 Å². The molecule has 1 aliphatic rings. The number of benzene rings is 2. The first-order valence-electron chi connectivity index (χ1n) is 10.1. The minimum Gasteiger partial charge on any atom is -0.452 e. The third-order valence-electron chi connectivity index (χ3n) is 5.52. The van der Waals surface area contributed by atoms with E-state index < -0.39 is 5.97 Å². The van der Waals surface area contributed by atoms with Gasteiger partial charge in [-0.05, 0) is 42.7 Å². The molecule has 0 atom stereocenters. The van der Waals surface area contributed by atoms with Crippen LogP contribution in [-0.4, -0.2) is 57.4 Å². The number of para-hydroxylation sites is 1. The van der Waals surface area contributed by atoms with Crippen molar-refractivity contribution in [1.29, 1.82) is 0 Å². The fraction of sp³-hybridized carbons (Fsp3) is 0.318. The number of likely N-dealkylation sites (tertiary alicyclic amines) is 1. The van der Waals surface area contributed by atoms with E-state index in [-0.39, 0.29) is 24.3 Å². The number of amides is 2. The van der Waals surface area contributed by atoms with Crippen molar-refractivity contribution in [3.05, 3.63) is 59.7 Å². The minimum atomic E-state index is -0.557. The van der Waals surface area contributed by atoms with Gasteiger partial charge in [-0.15, -0.1) is 5.10 Å². The van der Waals surface area contributed by atoms with Gasteiger partial charge in [-0.25, -0.2) is 9.48 Å². The van der Waals surface area contributed by atoms with Crippen molar-refractivity contribution in [2.75, 3.05) is 19.7 Å². The van der Waals surface area contributed by atoms with E-state index in [1.807, 2.05) is 36.4 Å². The normalized spacial score (nSPS) is 14.5. The lowest BCUT2D eigenvalue weighted by molar-refractivity contribution is -0.137. The SMILES string of the molecule is NC(=O)C1CCN(C(=O)COC(=O)c2ccc(Cn3nnc4ccccc43)cc2)CC1. The molecule has 2 aromatic carbocycles. The first kappa shape index (κ1) is 20.5. The van der Waals surface area contributed by atoms with Gasteiger partial charge in [-0.2, -0.15) is 0 Å². The van der Waals surface area contributed by atoms with Crippen LogP contribution in [0, 0.1) is 5.92 Å². The summed E-state index contributed by atoms with van der Waals surface area (Å²) in [7, 11) is 0. The summed E-state index contributed by atoms with van der Waals surface area (Å²) in [5, 5.41) is 8.30. The number of rotatable bonds is 6. The molecule has 0 aliphatic carbocycles. The number of nitrogens with zero attached hydrogens (tertiary/aromatic N) is 4. The van der Waals surface area contributed by atoms with E-state index in [4.69, 9.17) is 10.5 Å². The number of carbonyl (C=O) groups excluding carboxylic acids is 3. The quantitative estimate of drug-likeness (QED) is 0.600. The van der Waals surface area contributed by atoms with Gasteiger partial charge in [-0.3, -0.25) is 9.59 Å². The molecule has 0 bridgehead atoms. The second-order valence-electron chi connectivity index (χ2n) is 7.57. The maximum atomic E-state index is 12.3. The van der Waals surface area contributed by atoms with E-state index in [1.54, 1.807) is 21.7 Å². The summed E-state index contributed by atoms with van der Waals surface area (Å²) in [6.45, 7) is 1.08. The maximum absolute atomic E-state index is 12.3. The van der Waals surface area contributed by atoms with Crippen LogP contribution in [0.25, 0.3) is 11.0 Å². The fourth-order valence-corrected chi connectivity index (χ4v) is 3.67. The Labute approximate surface area is 178 Å². The van der Waals surface area contributed by atoms with Crippen molar-refractivity contribution in [2.24, 2.45) is 11.7 Å². The molecule has 2 heterocycles. The highest BCUT2D eigenvalue weighted by Gasteiger charge is 2.26. The van der Waals surface area contributed by atoms with Crippen LogP contribution in [0.1, 0.15) is 28.8 Å². The largest absolute Gasteiger partial charge is 0.452 e. The van der Waals surface area contributed by atoms with E-state index in [2.05, 4.69) is 10.3 Å². The second kappa shape index (κ2) is 8.95. The number of carbonyl (C=O) groups is 3. The molecule has 0 radical (unpaired) electrons. The zero-order chi connectivity index (χ0) is 21.8. The molecule has 3 aromatic rings. The number of aromatic nitrogens is 3. The standard InChI is InChI=1S/C22H23N5O4/c23-21(29)16-9-11-26(12-10-16)20(28)14-31-22(30)17-7-5-15(6-8-17)13-27-19-4-2-1-3-18(19)24-25-27/h1-8,16H,9-14H2,(H2,23,29). The molecule has 0 saturated carbocycles. The van der Waals surface area contributed by atoms with Gasteiger partial charge in [0.05, 0.1) is 17.6 Å². The Morgan fingerprint density at radius 3 is 2.45 bits per heavy atom. The minimum absolute atomic E-state index is 0.194. The number of esters is 1. The highest BCUT2D eigenvalue weighted by molar-refractivity contribution is 5.91. The van der Waals surface area contributed by atoms with E-state index >= 15 is 0 Å². The van der Waals surface area contributed by atoms with Gasteiger partial charge in [-0.1, -0.05) is 29.5 Å². The third kappa shape index (κ3) is 4.71. The number of hydrogen-bond acceptors (Lipinski definition) is 6. The first-order valence-corrected chi connectivity index (χ1v) is 10.1. The first-order chi connectivity index (χ1) is 15.0. The molecular weight excluding hydrogens is 398 g/mol. The molecule has 0 spiro atoms. The Kier molecular flexibility index (Phi) is 5.92. The number of hydrogen-bond donors (Lipinski definition) is 1. The number of primary amides is 1. The van der Waals surface area contributed by atoms with E-state index in [1.165, 1.54) is 0 Å². The van der Waals surface area contributed by atoms with Gasteiger partial charge in [0.25, 0.3) is 5.91 Å². The predicted molar refractivity (Wildman–Crippen MR) is 112 cm³/mol. The molecule has 9 heteroatoms. The summed E-state index contributed by atoms with van der Waals surface area (Å²) < 4.78 is 6.97. The molecule has 4 rings (SSSR count). The Hall–Kier alpha value is -3.75. The van der Waals surface area contributed by atoms with Gasteiger partial charge in [0.1, 0.15) is 5.52 Å². The van der Waals surface area contributed by atoms with Crippen LogP contribution in [0.4, 0.5) is 0 Å². The zero-order valence-electron chi connectivity index (χ0n) is 16.9. The maximum Gasteiger partial charge on any atom is 0.338 e. The average Bonchev–Trinajstić information content (AvgIpc) is 3.20. The lowest BCUT2D eigenvalue weighted by Gasteiger charge is -2.30. The molecule has 1 aromatic heterocycles. The topological polar surface area (TPSA) is 120 Å². The van der Waals surface area contributed by atoms with Crippen LogP contribution in [0.2, 0.25) is 0 Å². The summed E-state index contributed by atoms with van der Waals surface area (Å²) >= 11 is 0. The Balaban J connectivity index is 1.29. The highest BCUT2D eigenvalue weighted by Crippen LogP contribution is 2.17. The van der Waals surface area contributed by atoms with Crippen LogP contribution in [-0.2, 0) is 20.9 Å². The highest BCUT2D eigenvalue weighted by atomic mass is 16.5. The molecule has 1 fully saturated rings. The van der Waals surface area contributed by atoms with Crippen molar-refractivity contribution in [3.63, 3.8) is 0 Å². The van der Waals surface area contributed by atoms with Crippen molar-refractivity contribution >= 4 is 28.8 Å². The molecular formula is C22H23N5O4. The van der Waals surface area contributed by atoms with Crippen molar-refractivity contribution in [2.45, 2.75) is 19.4 Å². The fourth-order valence-electron chi connectivity index (χ4n) is 3.67. The summed E-state index contributed by atoms with van der Waals surface area (Å²) in [4.78, 5) is 37.4. The van der Waals surface area contributed by atoms with Gasteiger partial charge in [0, 0.05) is 19.0 Å². The number of piperidine rings is 1. The number of nitrogens with two attached hydrogens (primary N) is 1. The molecule has 2 amide bonds. The van der Waals surface area contributed by atoms with Crippen molar-refractivity contribution in [1.82, 2.24) is 19.9 Å². The number of ether oxygens (including phenoxy) is 1. The van der Waals surface area contributed by atoms with Gasteiger partial charge in [0.15, 0.2) is 6.61 Å². The molecule has 31 heavy (non-hydrogen) atoms. The van der Waals surface area contributed by atoms with Gasteiger partial charge >= 0.3 is 5.97 Å². The summed E-state index contributed by atoms with van der Waals surface area (Å²) in [5.41, 5.74) is 8.39. The monoisotopic (exact) mass is 421 g/mol. The van der Waals surface area contributed by atoms with E-state index in [0.717, 1.165) is 16.6 Å². The zero-order valence-corrected chi connectivity index (χ0v) is 16.9. The van der Waals surface area contributed by atoms with E-state index in [9.17, 15) is 14.4 Å².